The summed E-state index contributed by atoms with van der Waals surface area (Å²) in [6, 6.07) is 10.4. The second-order valence-corrected chi connectivity index (χ2v) is 6.70. The van der Waals surface area contributed by atoms with Gasteiger partial charge in [0.1, 0.15) is 18.2 Å². The summed E-state index contributed by atoms with van der Waals surface area (Å²) in [6.07, 6.45) is 4.33. The van der Waals surface area contributed by atoms with Gasteiger partial charge >= 0.3 is 0 Å². The zero-order chi connectivity index (χ0) is 16.4. The molecule has 1 aliphatic heterocycles. The monoisotopic (exact) mass is 326 g/mol. The summed E-state index contributed by atoms with van der Waals surface area (Å²) in [5, 5.41) is 6.76. The molecule has 2 aliphatic rings. The van der Waals surface area contributed by atoms with Gasteiger partial charge in [-0.1, -0.05) is 30.3 Å². The number of carbonyl (C=O) groups excluding carboxylic acids is 1. The number of carbonyl (C=O) groups is 1. The van der Waals surface area contributed by atoms with E-state index in [9.17, 15) is 4.79 Å². The molecule has 6 heteroatoms. The van der Waals surface area contributed by atoms with Crippen LogP contribution in [0.5, 0.6) is 0 Å². The number of nitrogens with one attached hydrogen (secondary N) is 1. The van der Waals surface area contributed by atoms with Crippen molar-refractivity contribution in [2.75, 3.05) is 19.8 Å². The van der Waals surface area contributed by atoms with Gasteiger partial charge in [0.25, 0.3) is 0 Å². The topological polar surface area (TPSA) is 71.1 Å². The molecule has 1 N–H and O–H groups in total. The molecule has 1 aromatic heterocycles. The third-order valence-electron chi connectivity index (χ3n) is 5.04. The van der Waals surface area contributed by atoms with Crippen LogP contribution in [-0.2, 0) is 16.0 Å². The second-order valence-electron chi connectivity index (χ2n) is 6.70. The number of aromatic nitrogens is 3. The molecule has 2 aromatic rings. The van der Waals surface area contributed by atoms with Crippen LogP contribution in [0.2, 0.25) is 0 Å². The van der Waals surface area contributed by atoms with Crippen molar-refractivity contribution in [3.63, 3.8) is 0 Å². The van der Waals surface area contributed by atoms with Gasteiger partial charge in [0.05, 0.1) is 13.2 Å². The van der Waals surface area contributed by atoms with Crippen LogP contribution in [0.4, 0.5) is 0 Å². The highest BCUT2D eigenvalue weighted by molar-refractivity contribution is 5.77. The number of morpholine rings is 1. The van der Waals surface area contributed by atoms with Gasteiger partial charge in [-0.15, -0.1) is 0 Å². The van der Waals surface area contributed by atoms with Crippen LogP contribution in [0, 0.1) is 11.8 Å². The van der Waals surface area contributed by atoms with E-state index in [2.05, 4.69) is 39.4 Å². The number of aromatic amines is 1. The van der Waals surface area contributed by atoms with Crippen LogP contribution in [0.1, 0.15) is 30.3 Å². The molecule has 6 nitrogen and oxygen atoms in total. The predicted molar refractivity (Wildman–Crippen MR) is 88.0 cm³/mol. The minimum atomic E-state index is -0.139. The van der Waals surface area contributed by atoms with Gasteiger partial charge in [0.15, 0.2) is 0 Å². The number of ether oxygens (including phenoxy) is 1. The summed E-state index contributed by atoms with van der Waals surface area (Å²) in [6.45, 7) is 1.70. The average molecular weight is 326 g/mol. The van der Waals surface area contributed by atoms with Crippen molar-refractivity contribution in [3.8, 4) is 0 Å². The second kappa shape index (κ2) is 6.73. The molecule has 1 unspecified atom stereocenters. The summed E-state index contributed by atoms with van der Waals surface area (Å²) in [4.78, 5) is 18.9. The lowest BCUT2D eigenvalue weighted by molar-refractivity contribution is -0.141. The molecule has 1 amide bonds. The number of amides is 1. The van der Waals surface area contributed by atoms with E-state index in [0.29, 0.717) is 43.8 Å². The van der Waals surface area contributed by atoms with Gasteiger partial charge in [0, 0.05) is 13.0 Å². The van der Waals surface area contributed by atoms with Crippen LogP contribution >= 0.6 is 0 Å². The van der Waals surface area contributed by atoms with Crippen LogP contribution in [0.3, 0.4) is 0 Å². The van der Waals surface area contributed by atoms with E-state index in [-0.39, 0.29) is 11.9 Å². The normalized spacial score (nSPS) is 26.3. The fourth-order valence-electron chi connectivity index (χ4n) is 3.57. The first-order valence-electron chi connectivity index (χ1n) is 8.57. The molecular weight excluding hydrogens is 304 g/mol. The van der Waals surface area contributed by atoms with Gasteiger partial charge in [-0.3, -0.25) is 9.89 Å². The third-order valence-corrected chi connectivity index (χ3v) is 5.04. The Kier molecular flexibility index (Phi) is 4.30. The maximum atomic E-state index is 12.8. The average Bonchev–Trinajstić information content (AvgIpc) is 3.12. The predicted octanol–water partition coefficient (Wildman–Crippen LogP) is 1.97. The van der Waals surface area contributed by atoms with Crippen LogP contribution in [0.25, 0.3) is 0 Å². The highest BCUT2D eigenvalue weighted by atomic mass is 16.5. The largest absolute Gasteiger partial charge is 0.377 e. The molecule has 0 spiro atoms. The third kappa shape index (κ3) is 3.33. The number of hydrogen-bond donors (Lipinski definition) is 1. The van der Waals surface area contributed by atoms with Crippen molar-refractivity contribution < 1.29 is 9.53 Å². The lowest BCUT2D eigenvalue weighted by Gasteiger charge is -2.34. The standard InChI is InChI=1S/C18H22N4O2/c23-17(10-15-9-14(15)8-13-4-2-1-3-5-13)22-6-7-24-11-16(22)18-19-12-20-21-18/h1-5,12,14-16H,6-11H2,(H,19,20,21)/t14-,15+,16?/m1/s1. The molecule has 126 valence electrons. The zero-order valence-electron chi connectivity index (χ0n) is 13.6. The van der Waals surface area contributed by atoms with E-state index in [4.69, 9.17) is 4.74 Å². The van der Waals surface area contributed by atoms with Gasteiger partial charge in [0.2, 0.25) is 5.91 Å². The van der Waals surface area contributed by atoms with Crippen LogP contribution < -0.4 is 0 Å². The summed E-state index contributed by atoms with van der Waals surface area (Å²) in [7, 11) is 0. The highest BCUT2D eigenvalue weighted by Gasteiger charge is 2.40. The van der Waals surface area contributed by atoms with Crippen molar-refractivity contribution in [1.82, 2.24) is 20.1 Å². The Hall–Kier alpha value is -2.21. The molecule has 1 aromatic carbocycles. The van der Waals surface area contributed by atoms with Gasteiger partial charge < -0.3 is 9.64 Å². The molecule has 2 heterocycles. The van der Waals surface area contributed by atoms with Gasteiger partial charge in [-0.05, 0) is 30.2 Å². The number of benzene rings is 1. The molecule has 2 fully saturated rings. The Morgan fingerprint density at radius 3 is 2.96 bits per heavy atom. The zero-order valence-corrected chi connectivity index (χ0v) is 13.6. The molecule has 3 atom stereocenters. The Balaban J connectivity index is 1.34. The molecule has 1 aliphatic carbocycles. The lowest BCUT2D eigenvalue weighted by atomic mass is 10.1. The summed E-state index contributed by atoms with van der Waals surface area (Å²) < 4.78 is 5.53. The number of hydrogen-bond acceptors (Lipinski definition) is 4. The van der Waals surface area contributed by atoms with E-state index >= 15 is 0 Å². The van der Waals surface area contributed by atoms with Crippen molar-refractivity contribution in [2.45, 2.75) is 25.3 Å². The lowest BCUT2D eigenvalue weighted by Crippen LogP contribution is -2.44. The van der Waals surface area contributed by atoms with Crippen LogP contribution in [-0.4, -0.2) is 45.7 Å². The number of rotatable bonds is 5. The molecular formula is C18H22N4O2. The first-order valence-corrected chi connectivity index (χ1v) is 8.57. The Morgan fingerprint density at radius 1 is 1.29 bits per heavy atom. The SMILES string of the molecule is O=C(C[C@@H]1C[C@H]1Cc1ccccc1)N1CCOCC1c1ncn[nH]1. The smallest absolute Gasteiger partial charge is 0.223 e. The summed E-state index contributed by atoms with van der Waals surface area (Å²) in [5.74, 6) is 2.07. The van der Waals surface area contributed by atoms with Crippen molar-refractivity contribution in [2.24, 2.45) is 11.8 Å². The molecule has 4 rings (SSSR count). The quantitative estimate of drug-likeness (QED) is 0.912. The number of H-pyrrole nitrogens is 1. The maximum Gasteiger partial charge on any atom is 0.223 e. The first-order chi connectivity index (χ1) is 11.8. The minimum absolute atomic E-state index is 0.139. The highest BCUT2D eigenvalue weighted by Crippen LogP contribution is 2.44. The minimum Gasteiger partial charge on any atom is -0.377 e. The van der Waals surface area contributed by atoms with E-state index in [1.165, 1.54) is 11.9 Å². The Morgan fingerprint density at radius 2 is 2.17 bits per heavy atom. The van der Waals surface area contributed by atoms with E-state index in [0.717, 1.165) is 12.8 Å². The van der Waals surface area contributed by atoms with E-state index in [1.807, 2.05) is 11.0 Å². The fraction of sp³-hybridized carbons (Fsp3) is 0.500. The van der Waals surface area contributed by atoms with Crippen molar-refractivity contribution in [3.05, 3.63) is 48.0 Å². The summed E-state index contributed by atoms with van der Waals surface area (Å²) >= 11 is 0. The fourth-order valence-corrected chi connectivity index (χ4v) is 3.57. The van der Waals surface area contributed by atoms with Crippen molar-refractivity contribution in [1.29, 1.82) is 0 Å². The molecule has 24 heavy (non-hydrogen) atoms. The van der Waals surface area contributed by atoms with Crippen molar-refractivity contribution >= 4 is 5.91 Å². The molecule has 0 bridgehead atoms. The number of nitrogens with zero attached hydrogens (tertiary/aromatic N) is 3. The van der Waals surface area contributed by atoms with Gasteiger partial charge in [-0.25, -0.2) is 4.98 Å². The molecule has 1 saturated heterocycles. The van der Waals surface area contributed by atoms with Gasteiger partial charge in [-0.2, -0.15) is 5.10 Å². The van der Waals surface area contributed by atoms with Crippen LogP contribution in [0.15, 0.2) is 36.7 Å². The molecule has 1 saturated carbocycles. The first kappa shape index (κ1) is 15.3. The summed E-state index contributed by atoms with van der Waals surface area (Å²) in [5.41, 5.74) is 1.36. The molecule has 0 radical (unpaired) electrons. The van der Waals surface area contributed by atoms with E-state index < -0.39 is 0 Å². The van der Waals surface area contributed by atoms with E-state index in [1.54, 1.807) is 0 Å². The maximum absolute atomic E-state index is 12.8. The Labute approximate surface area is 141 Å². The Bertz CT molecular complexity index is 674.